The molecular formula is C32H35F2N5O6. The number of carbonyl (C=O) groups excluding carboxylic acids is 3. The quantitative estimate of drug-likeness (QED) is 0.211. The standard InChI is InChI=1S/C32H35F2N5O6/c1-18-13-24(37-27(14-18)39-26-15-20(29(33)34)11-12-35-26)21-5-9-25(36-16-21)32(2,43)22-6-3-19(4-7-22)30(41)44-17-45-31(42)23-8-10-28(40)38-23/h5,9,11-16,19,22-23,29,43H,3-4,6-8,10,17H2,1-2H3,(H,38,40)(H,35,37,39)/t19?,22?,23?,32-/m1/s1. The van der Waals surface area contributed by atoms with Crippen LogP contribution in [0.3, 0.4) is 0 Å². The van der Waals surface area contributed by atoms with Crippen molar-refractivity contribution in [1.82, 2.24) is 20.3 Å². The molecule has 3 aromatic rings. The van der Waals surface area contributed by atoms with Crippen molar-refractivity contribution in [1.29, 1.82) is 0 Å². The first-order valence-corrected chi connectivity index (χ1v) is 14.8. The van der Waals surface area contributed by atoms with Crippen LogP contribution in [0.15, 0.2) is 48.8 Å². The number of aliphatic hydroxyl groups is 1. The lowest BCUT2D eigenvalue weighted by atomic mass is 9.73. The Bertz CT molecular complexity index is 1540. The van der Waals surface area contributed by atoms with Gasteiger partial charge in [0.25, 0.3) is 6.43 Å². The van der Waals surface area contributed by atoms with Gasteiger partial charge in [-0.25, -0.2) is 23.5 Å². The minimum Gasteiger partial charge on any atom is -0.428 e. The van der Waals surface area contributed by atoms with Crippen LogP contribution in [0.1, 0.15) is 68.7 Å². The molecule has 2 aliphatic rings. The van der Waals surface area contributed by atoms with Gasteiger partial charge in [-0.15, -0.1) is 0 Å². The third-order valence-electron chi connectivity index (χ3n) is 8.38. The molecule has 1 aliphatic heterocycles. The number of amides is 1. The molecule has 0 radical (unpaired) electrons. The summed E-state index contributed by atoms with van der Waals surface area (Å²) in [5.74, 6) is -1.13. The average molecular weight is 624 g/mol. The van der Waals surface area contributed by atoms with Gasteiger partial charge >= 0.3 is 11.9 Å². The molecule has 0 aromatic carbocycles. The Labute approximate surface area is 258 Å². The molecule has 45 heavy (non-hydrogen) atoms. The molecule has 1 aliphatic carbocycles. The Balaban J connectivity index is 1.15. The van der Waals surface area contributed by atoms with E-state index < -0.39 is 36.8 Å². The summed E-state index contributed by atoms with van der Waals surface area (Å²) < 4.78 is 36.3. The van der Waals surface area contributed by atoms with Crippen LogP contribution in [0.5, 0.6) is 0 Å². The molecule has 2 atom stereocenters. The summed E-state index contributed by atoms with van der Waals surface area (Å²) >= 11 is 0. The van der Waals surface area contributed by atoms with Crippen LogP contribution in [-0.2, 0) is 29.5 Å². The molecule has 2 fully saturated rings. The zero-order chi connectivity index (χ0) is 32.1. The van der Waals surface area contributed by atoms with Crippen molar-refractivity contribution < 1.29 is 37.7 Å². The number of alkyl halides is 2. The summed E-state index contributed by atoms with van der Waals surface area (Å²) in [6.07, 6.45) is 3.09. The first-order valence-electron chi connectivity index (χ1n) is 14.8. The second-order valence-electron chi connectivity index (χ2n) is 11.6. The second-order valence-corrected chi connectivity index (χ2v) is 11.6. The van der Waals surface area contributed by atoms with E-state index in [1.165, 1.54) is 18.3 Å². The van der Waals surface area contributed by atoms with Crippen molar-refractivity contribution in [3.05, 3.63) is 65.6 Å². The van der Waals surface area contributed by atoms with E-state index in [0.717, 1.165) is 5.56 Å². The second kappa shape index (κ2) is 13.6. The number of ether oxygens (including phenoxy) is 2. The molecule has 238 valence electrons. The highest BCUT2D eigenvalue weighted by Crippen LogP contribution is 2.41. The monoisotopic (exact) mass is 623 g/mol. The van der Waals surface area contributed by atoms with Crippen LogP contribution in [0.2, 0.25) is 0 Å². The fourth-order valence-corrected chi connectivity index (χ4v) is 5.76. The topological polar surface area (TPSA) is 153 Å². The molecule has 1 saturated heterocycles. The van der Waals surface area contributed by atoms with Crippen LogP contribution in [-0.4, -0.2) is 50.7 Å². The lowest BCUT2D eigenvalue weighted by Gasteiger charge is -2.37. The molecule has 5 rings (SSSR count). The molecule has 1 amide bonds. The highest BCUT2D eigenvalue weighted by Gasteiger charge is 2.39. The summed E-state index contributed by atoms with van der Waals surface area (Å²) in [5, 5.41) is 17.0. The van der Waals surface area contributed by atoms with Crippen molar-refractivity contribution in [3.8, 4) is 11.3 Å². The van der Waals surface area contributed by atoms with Crippen LogP contribution in [0.25, 0.3) is 11.3 Å². The number of aromatic nitrogens is 3. The highest BCUT2D eigenvalue weighted by atomic mass is 19.3. The summed E-state index contributed by atoms with van der Waals surface area (Å²) in [4.78, 5) is 49.0. The van der Waals surface area contributed by atoms with E-state index in [1.807, 2.05) is 19.1 Å². The fourth-order valence-electron chi connectivity index (χ4n) is 5.76. The number of halogens is 2. The summed E-state index contributed by atoms with van der Waals surface area (Å²) in [6.45, 7) is 3.10. The number of hydrogen-bond donors (Lipinski definition) is 3. The van der Waals surface area contributed by atoms with Crippen molar-refractivity contribution in [2.45, 2.75) is 70.4 Å². The first kappa shape index (κ1) is 31.9. The normalized spacial score (nSPS) is 21.1. The van der Waals surface area contributed by atoms with Crippen molar-refractivity contribution in [2.24, 2.45) is 11.8 Å². The van der Waals surface area contributed by atoms with Crippen LogP contribution in [0.4, 0.5) is 20.4 Å². The minimum atomic E-state index is -2.61. The summed E-state index contributed by atoms with van der Waals surface area (Å²) in [7, 11) is 0. The van der Waals surface area contributed by atoms with E-state index in [-0.39, 0.29) is 35.5 Å². The predicted molar refractivity (Wildman–Crippen MR) is 158 cm³/mol. The maximum atomic E-state index is 13.1. The molecule has 3 aromatic heterocycles. The van der Waals surface area contributed by atoms with Gasteiger partial charge in [0.1, 0.15) is 23.3 Å². The number of hydrogen-bond acceptors (Lipinski definition) is 10. The zero-order valence-corrected chi connectivity index (χ0v) is 25.0. The number of aryl methyl sites for hydroxylation is 1. The molecule has 1 saturated carbocycles. The number of pyridine rings is 3. The highest BCUT2D eigenvalue weighted by molar-refractivity contribution is 5.88. The molecule has 1 unspecified atom stereocenters. The smallest absolute Gasteiger partial charge is 0.331 e. The van der Waals surface area contributed by atoms with E-state index in [1.54, 1.807) is 25.3 Å². The van der Waals surface area contributed by atoms with Gasteiger partial charge < -0.3 is 25.2 Å². The Morgan fingerprint density at radius 1 is 1.04 bits per heavy atom. The Hall–Kier alpha value is -4.52. The van der Waals surface area contributed by atoms with Gasteiger partial charge in [-0.2, -0.15) is 0 Å². The fraction of sp³-hybridized carbons (Fsp3) is 0.438. The average Bonchev–Trinajstić information content (AvgIpc) is 3.47. The molecular weight excluding hydrogens is 588 g/mol. The number of nitrogens with one attached hydrogen (secondary N) is 2. The van der Waals surface area contributed by atoms with Gasteiger partial charge in [-0.3, -0.25) is 14.6 Å². The minimum absolute atomic E-state index is 0.142. The van der Waals surface area contributed by atoms with E-state index in [4.69, 9.17) is 9.47 Å². The maximum absolute atomic E-state index is 13.1. The zero-order valence-electron chi connectivity index (χ0n) is 25.0. The number of carbonyl (C=O) groups is 3. The van der Waals surface area contributed by atoms with E-state index >= 15 is 0 Å². The molecule has 3 N–H and O–H groups in total. The van der Waals surface area contributed by atoms with Gasteiger partial charge in [-0.1, -0.05) is 0 Å². The number of rotatable bonds is 10. The van der Waals surface area contributed by atoms with Gasteiger partial charge in [0.15, 0.2) is 0 Å². The number of nitrogens with zero attached hydrogens (tertiary/aromatic N) is 3. The summed E-state index contributed by atoms with van der Waals surface area (Å²) in [6, 6.07) is 9.05. The Morgan fingerprint density at radius 2 is 1.80 bits per heavy atom. The molecule has 0 bridgehead atoms. The van der Waals surface area contributed by atoms with Crippen LogP contribution < -0.4 is 10.6 Å². The first-order chi connectivity index (χ1) is 21.5. The van der Waals surface area contributed by atoms with Crippen molar-refractivity contribution in [3.63, 3.8) is 0 Å². The Morgan fingerprint density at radius 3 is 2.47 bits per heavy atom. The third kappa shape index (κ3) is 7.77. The number of esters is 2. The van der Waals surface area contributed by atoms with Crippen LogP contribution in [0, 0.1) is 18.8 Å². The lowest BCUT2D eigenvalue weighted by Crippen LogP contribution is -2.37. The third-order valence-corrected chi connectivity index (χ3v) is 8.38. The Kier molecular flexibility index (Phi) is 9.66. The van der Waals surface area contributed by atoms with Gasteiger partial charge in [0.05, 0.1) is 17.3 Å². The van der Waals surface area contributed by atoms with Gasteiger partial charge in [-0.05, 0) is 93.8 Å². The molecule has 11 nitrogen and oxygen atoms in total. The molecule has 13 heteroatoms. The van der Waals surface area contributed by atoms with E-state index in [2.05, 4.69) is 25.6 Å². The number of anilines is 2. The summed E-state index contributed by atoms with van der Waals surface area (Å²) in [5.41, 5.74) is 1.30. The predicted octanol–water partition coefficient (Wildman–Crippen LogP) is 4.86. The maximum Gasteiger partial charge on any atom is 0.331 e. The van der Waals surface area contributed by atoms with Crippen molar-refractivity contribution in [2.75, 3.05) is 12.1 Å². The van der Waals surface area contributed by atoms with Gasteiger partial charge in [0, 0.05) is 29.9 Å². The van der Waals surface area contributed by atoms with E-state index in [9.17, 15) is 28.3 Å². The van der Waals surface area contributed by atoms with Gasteiger partial charge in [0.2, 0.25) is 12.7 Å². The SMILES string of the molecule is Cc1cc(Nc2cc(C(F)F)ccn2)nc(-c2ccc([C@](C)(O)C3CCC(C(=O)OCOC(=O)C4CCC(=O)N4)CC3)nc2)c1. The largest absolute Gasteiger partial charge is 0.428 e. The lowest BCUT2D eigenvalue weighted by molar-refractivity contribution is -0.172. The van der Waals surface area contributed by atoms with E-state index in [0.29, 0.717) is 54.9 Å². The molecule has 0 spiro atoms. The molecule has 4 heterocycles. The van der Waals surface area contributed by atoms with Crippen LogP contribution >= 0.6 is 0 Å². The van der Waals surface area contributed by atoms with Crippen molar-refractivity contribution >= 4 is 29.5 Å².